The van der Waals surface area contributed by atoms with Crippen LogP contribution in [0.1, 0.15) is 27.7 Å². The van der Waals surface area contributed by atoms with Gasteiger partial charge in [0.15, 0.2) is 0 Å². The molecular formula is C13H23N5. The van der Waals surface area contributed by atoms with Crippen molar-refractivity contribution < 1.29 is 0 Å². The van der Waals surface area contributed by atoms with E-state index in [9.17, 15) is 0 Å². The monoisotopic (exact) mass is 249 g/mol. The smallest absolute Gasteiger partial charge is 0.134 e. The van der Waals surface area contributed by atoms with E-state index in [0.717, 1.165) is 31.3 Å². The highest BCUT2D eigenvalue weighted by Crippen LogP contribution is 2.24. The molecule has 2 rings (SSSR count). The van der Waals surface area contributed by atoms with Gasteiger partial charge in [0, 0.05) is 37.3 Å². The van der Waals surface area contributed by atoms with Gasteiger partial charge in [0.1, 0.15) is 18.0 Å². The van der Waals surface area contributed by atoms with E-state index < -0.39 is 0 Å². The maximum absolute atomic E-state index is 4.41. The normalized spacial score (nSPS) is 19.1. The minimum atomic E-state index is 0.0850. The molecule has 1 fully saturated rings. The molecule has 0 aromatic carbocycles. The van der Waals surface area contributed by atoms with E-state index in [4.69, 9.17) is 0 Å². The third-order valence-electron chi connectivity index (χ3n) is 3.17. The average Bonchev–Trinajstić information content (AvgIpc) is 2.27. The highest BCUT2D eigenvalue weighted by atomic mass is 15.3. The van der Waals surface area contributed by atoms with Crippen molar-refractivity contribution in [2.45, 2.75) is 39.3 Å². The summed E-state index contributed by atoms with van der Waals surface area (Å²) < 4.78 is 0. The zero-order chi connectivity index (χ0) is 13.2. The fourth-order valence-corrected chi connectivity index (χ4v) is 2.28. The Morgan fingerprint density at radius 1 is 1.39 bits per heavy atom. The first-order valence-electron chi connectivity index (χ1n) is 6.56. The van der Waals surface area contributed by atoms with Gasteiger partial charge in [0.2, 0.25) is 0 Å². The van der Waals surface area contributed by atoms with Gasteiger partial charge in [-0.15, -0.1) is 0 Å². The second-order valence-corrected chi connectivity index (χ2v) is 5.70. The summed E-state index contributed by atoms with van der Waals surface area (Å²) in [7, 11) is 0. The maximum atomic E-state index is 4.41. The van der Waals surface area contributed by atoms with Gasteiger partial charge < -0.3 is 15.5 Å². The van der Waals surface area contributed by atoms with Crippen molar-refractivity contribution in [2.75, 3.05) is 29.9 Å². The van der Waals surface area contributed by atoms with E-state index in [-0.39, 0.29) is 5.54 Å². The quantitative estimate of drug-likeness (QED) is 0.850. The van der Waals surface area contributed by atoms with Crippen molar-refractivity contribution >= 4 is 11.6 Å². The molecule has 0 saturated carbocycles. The lowest BCUT2D eigenvalue weighted by Gasteiger charge is -2.43. The second kappa shape index (κ2) is 5.10. The molecule has 0 bridgehead atoms. The highest BCUT2D eigenvalue weighted by Gasteiger charge is 2.30. The first-order chi connectivity index (χ1) is 8.49. The molecule has 0 aliphatic carbocycles. The number of nitrogens with zero attached hydrogens (tertiary/aromatic N) is 3. The molecule has 2 N–H and O–H groups in total. The lowest BCUT2D eigenvalue weighted by molar-refractivity contribution is 0.378. The molecule has 5 heteroatoms. The number of hydrogen-bond donors (Lipinski definition) is 2. The van der Waals surface area contributed by atoms with Gasteiger partial charge >= 0.3 is 0 Å². The van der Waals surface area contributed by atoms with Crippen molar-refractivity contribution in [1.82, 2.24) is 15.3 Å². The van der Waals surface area contributed by atoms with Crippen molar-refractivity contribution in [3.8, 4) is 0 Å². The summed E-state index contributed by atoms with van der Waals surface area (Å²) in [6.07, 6.45) is 1.64. The van der Waals surface area contributed by atoms with Crippen LogP contribution in [0.15, 0.2) is 12.4 Å². The largest absolute Gasteiger partial charge is 0.368 e. The van der Waals surface area contributed by atoms with E-state index in [2.05, 4.69) is 53.2 Å². The Labute approximate surface area is 109 Å². The number of rotatable bonds is 3. The van der Waals surface area contributed by atoms with Crippen LogP contribution < -0.4 is 15.5 Å². The van der Waals surface area contributed by atoms with E-state index in [0.29, 0.717) is 6.04 Å². The number of piperazine rings is 1. The van der Waals surface area contributed by atoms with Gasteiger partial charge in [-0.25, -0.2) is 9.97 Å². The average molecular weight is 249 g/mol. The topological polar surface area (TPSA) is 53.1 Å². The molecule has 1 aromatic heterocycles. The number of anilines is 2. The fourth-order valence-electron chi connectivity index (χ4n) is 2.28. The Hall–Kier alpha value is -1.36. The summed E-state index contributed by atoms with van der Waals surface area (Å²) in [4.78, 5) is 11.0. The molecule has 1 aliphatic rings. The van der Waals surface area contributed by atoms with Crippen LogP contribution in [0.3, 0.4) is 0 Å². The molecule has 5 nitrogen and oxygen atoms in total. The molecular weight excluding hydrogens is 226 g/mol. The standard InChI is InChI=1S/C13H23N5/c1-10(2)17-11-7-12(16-9-15-11)18-6-5-14-8-13(18,3)4/h7,9-10,14H,5-6,8H2,1-4H3,(H,15,16,17). The van der Waals surface area contributed by atoms with E-state index in [1.165, 1.54) is 0 Å². The molecule has 100 valence electrons. The number of hydrogen-bond acceptors (Lipinski definition) is 5. The maximum Gasteiger partial charge on any atom is 0.134 e. The summed E-state index contributed by atoms with van der Waals surface area (Å²) in [6.45, 7) is 11.6. The van der Waals surface area contributed by atoms with Gasteiger partial charge in [-0.3, -0.25) is 0 Å². The lowest BCUT2D eigenvalue weighted by atomic mass is 10.0. The van der Waals surface area contributed by atoms with Crippen LogP contribution >= 0.6 is 0 Å². The first kappa shape index (κ1) is 13.1. The van der Waals surface area contributed by atoms with Gasteiger partial charge in [0.05, 0.1) is 0 Å². The van der Waals surface area contributed by atoms with Crippen molar-refractivity contribution in [3.63, 3.8) is 0 Å². The SMILES string of the molecule is CC(C)Nc1cc(N2CCNCC2(C)C)ncn1. The third-order valence-corrected chi connectivity index (χ3v) is 3.17. The van der Waals surface area contributed by atoms with E-state index in [1.807, 2.05) is 6.07 Å². The van der Waals surface area contributed by atoms with Crippen molar-refractivity contribution in [2.24, 2.45) is 0 Å². The second-order valence-electron chi connectivity index (χ2n) is 5.70. The Morgan fingerprint density at radius 2 is 2.17 bits per heavy atom. The number of aromatic nitrogens is 2. The Morgan fingerprint density at radius 3 is 2.83 bits per heavy atom. The predicted molar refractivity (Wildman–Crippen MR) is 75.1 cm³/mol. The van der Waals surface area contributed by atoms with Crippen LogP contribution in [0.4, 0.5) is 11.6 Å². The molecule has 0 amide bonds. The predicted octanol–water partition coefficient (Wildman–Crippen LogP) is 1.49. The molecule has 2 heterocycles. The summed E-state index contributed by atoms with van der Waals surface area (Å²) in [6, 6.07) is 2.41. The van der Waals surface area contributed by atoms with Crippen LogP contribution in [0, 0.1) is 0 Å². The summed E-state index contributed by atoms with van der Waals surface area (Å²) in [5.74, 6) is 1.89. The summed E-state index contributed by atoms with van der Waals surface area (Å²) in [5, 5.41) is 6.74. The first-order valence-corrected chi connectivity index (χ1v) is 6.56. The summed E-state index contributed by atoms with van der Waals surface area (Å²) in [5.41, 5.74) is 0.0850. The van der Waals surface area contributed by atoms with Crippen LogP contribution in [0.25, 0.3) is 0 Å². The number of nitrogens with one attached hydrogen (secondary N) is 2. The molecule has 0 spiro atoms. The van der Waals surface area contributed by atoms with Crippen LogP contribution in [0.2, 0.25) is 0 Å². The molecule has 0 atom stereocenters. The third kappa shape index (κ3) is 2.90. The van der Waals surface area contributed by atoms with Crippen molar-refractivity contribution in [3.05, 3.63) is 12.4 Å². The van der Waals surface area contributed by atoms with Gasteiger partial charge in [0.25, 0.3) is 0 Å². The van der Waals surface area contributed by atoms with Gasteiger partial charge in [-0.2, -0.15) is 0 Å². The molecule has 0 unspecified atom stereocenters. The van der Waals surface area contributed by atoms with E-state index >= 15 is 0 Å². The van der Waals surface area contributed by atoms with Gasteiger partial charge in [-0.1, -0.05) is 0 Å². The molecule has 0 radical (unpaired) electrons. The van der Waals surface area contributed by atoms with Crippen LogP contribution in [-0.2, 0) is 0 Å². The lowest BCUT2D eigenvalue weighted by Crippen LogP contribution is -2.58. The fraction of sp³-hybridized carbons (Fsp3) is 0.692. The Kier molecular flexibility index (Phi) is 3.71. The van der Waals surface area contributed by atoms with Crippen molar-refractivity contribution in [1.29, 1.82) is 0 Å². The highest BCUT2D eigenvalue weighted by molar-refractivity contribution is 5.50. The molecule has 1 aliphatic heterocycles. The van der Waals surface area contributed by atoms with E-state index in [1.54, 1.807) is 6.33 Å². The minimum Gasteiger partial charge on any atom is -0.368 e. The molecule has 1 aromatic rings. The minimum absolute atomic E-state index is 0.0850. The zero-order valence-electron chi connectivity index (χ0n) is 11.7. The zero-order valence-corrected chi connectivity index (χ0v) is 11.7. The summed E-state index contributed by atoms with van der Waals surface area (Å²) >= 11 is 0. The molecule has 1 saturated heterocycles. The van der Waals surface area contributed by atoms with Gasteiger partial charge in [-0.05, 0) is 27.7 Å². The Bertz CT molecular complexity index is 402. The Balaban J connectivity index is 2.21. The molecule has 18 heavy (non-hydrogen) atoms. The van der Waals surface area contributed by atoms with Crippen LogP contribution in [0.5, 0.6) is 0 Å². The van der Waals surface area contributed by atoms with Crippen LogP contribution in [-0.4, -0.2) is 41.2 Å².